The third-order valence-electron chi connectivity index (χ3n) is 7.72. The molecule has 0 bridgehead atoms. The Kier molecular flexibility index (Phi) is 9.12. The highest BCUT2D eigenvalue weighted by Gasteiger charge is 2.52. The molecule has 6 rings (SSSR count). The van der Waals surface area contributed by atoms with Crippen molar-refractivity contribution in [3.8, 4) is 5.75 Å². The lowest BCUT2D eigenvalue weighted by Crippen LogP contribution is -2.42. The van der Waals surface area contributed by atoms with Gasteiger partial charge in [-0.25, -0.2) is 14.2 Å². The van der Waals surface area contributed by atoms with E-state index in [0.29, 0.717) is 5.39 Å². The number of aliphatic hydroxyl groups excluding tert-OH is 3. The number of benzene rings is 2. The number of aliphatic hydroxyl groups is 3. The minimum atomic E-state index is -5.13. The molecule has 0 aliphatic carbocycles. The summed E-state index contributed by atoms with van der Waals surface area (Å²) < 4.78 is 43.3. The van der Waals surface area contributed by atoms with Crippen LogP contribution in [0.5, 0.6) is 5.75 Å². The number of nitrogens with zero attached hydrogens (tertiary/aromatic N) is 2. The van der Waals surface area contributed by atoms with Gasteiger partial charge in [-0.1, -0.05) is 36.4 Å². The fourth-order valence-electron chi connectivity index (χ4n) is 5.48. The summed E-state index contributed by atoms with van der Waals surface area (Å²) in [5.74, 6) is 0.278. The minimum absolute atomic E-state index is 0.278. The third-order valence-corrected chi connectivity index (χ3v) is 8.71. The van der Waals surface area contributed by atoms with Gasteiger partial charge in [-0.15, -0.1) is 0 Å². The van der Waals surface area contributed by atoms with E-state index >= 15 is 0 Å². The zero-order valence-corrected chi connectivity index (χ0v) is 25.0. The number of nitrogens with one attached hydrogen (secondary N) is 2. The molecule has 0 spiro atoms. The van der Waals surface area contributed by atoms with Gasteiger partial charge in [0.2, 0.25) is 0 Å². The number of aromatic nitrogens is 4. The summed E-state index contributed by atoms with van der Waals surface area (Å²) in [6.07, 6.45) is -9.82. The van der Waals surface area contributed by atoms with E-state index in [0.717, 1.165) is 39.0 Å². The maximum atomic E-state index is 13.3. The van der Waals surface area contributed by atoms with E-state index in [-0.39, 0.29) is 5.75 Å². The van der Waals surface area contributed by atoms with E-state index in [1.807, 2.05) is 23.2 Å². The number of hydrogen-bond donors (Lipinski definition) is 6. The molecule has 18 nitrogen and oxygen atoms in total. The second-order valence-corrected chi connectivity index (χ2v) is 12.1. The van der Waals surface area contributed by atoms with Crippen molar-refractivity contribution in [3.63, 3.8) is 0 Å². The normalized spacial score (nSPS) is 28.8. The quantitative estimate of drug-likeness (QED) is 0.107. The summed E-state index contributed by atoms with van der Waals surface area (Å²) in [6, 6.07) is 14.3. The van der Waals surface area contributed by atoms with E-state index in [9.17, 15) is 44.0 Å². The molecule has 0 radical (unpaired) electrons. The molecule has 250 valence electrons. The summed E-state index contributed by atoms with van der Waals surface area (Å²) in [7, 11) is -5.13. The molecular formula is C28H29N4O14P. The summed E-state index contributed by atoms with van der Waals surface area (Å²) >= 11 is 0. The second kappa shape index (κ2) is 13.1. The molecule has 47 heavy (non-hydrogen) atoms. The van der Waals surface area contributed by atoms with E-state index < -0.39 is 92.6 Å². The average molecular weight is 677 g/mol. The smallest absolute Gasteiger partial charge is 0.472 e. The average Bonchev–Trinajstić information content (AvgIpc) is 3.51. The van der Waals surface area contributed by atoms with E-state index in [1.165, 1.54) is 0 Å². The zero-order valence-electron chi connectivity index (χ0n) is 24.1. The van der Waals surface area contributed by atoms with E-state index in [2.05, 4.69) is 4.98 Å². The first-order valence-corrected chi connectivity index (χ1v) is 15.7. The molecule has 9 atom stereocenters. The van der Waals surface area contributed by atoms with Gasteiger partial charge in [0.05, 0.1) is 13.2 Å². The molecule has 2 aliphatic rings. The van der Waals surface area contributed by atoms with Crippen molar-refractivity contribution in [1.29, 1.82) is 0 Å². The number of ether oxygens (including phenoxy) is 3. The van der Waals surface area contributed by atoms with Crippen LogP contribution >= 0.6 is 7.82 Å². The Balaban J connectivity index is 1.25. The van der Waals surface area contributed by atoms with Gasteiger partial charge in [0.25, 0.3) is 11.1 Å². The monoisotopic (exact) mass is 676 g/mol. The molecule has 4 heterocycles. The Hall–Kier alpha value is -4.23. The number of phosphoric acid groups is 1. The summed E-state index contributed by atoms with van der Waals surface area (Å²) in [5, 5.41) is 32.6. The summed E-state index contributed by atoms with van der Waals surface area (Å²) in [5.41, 5.74) is -3.22. The van der Waals surface area contributed by atoms with Crippen LogP contribution in [0, 0.1) is 0 Å². The van der Waals surface area contributed by atoms with Crippen LogP contribution in [0.2, 0.25) is 0 Å². The number of hydrogen-bond acceptors (Lipinski definition) is 13. The maximum absolute atomic E-state index is 13.3. The second-order valence-electron chi connectivity index (χ2n) is 10.7. The first-order chi connectivity index (χ1) is 22.5. The molecular weight excluding hydrogens is 647 g/mol. The Morgan fingerprint density at radius 2 is 1.40 bits per heavy atom. The van der Waals surface area contributed by atoms with Gasteiger partial charge in [0, 0.05) is 29.9 Å². The van der Waals surface area contributed by atoms with Crippen molar-refractivity contribution in [2.75, 3.05) is 13.2 Å². The van der Waals surface area contributed by atoms with Crippen LogP contribution < -0.4 is 27.2 Å². The Morgan fingerprint density at radius 3 is 2.06 bits per heavy atom. The van der Waals surface area contributed by atoms with Crippen molar-refractivity contribution in [2.24, 2.45) is 0 Å². The topological polar surface area (TPSA) is 254 Å². The number of fused-ring (bicyclic) bond motifs is 1. The first kappa shape index (κ1) is 32.7. The van der Waals surface area contributed by atoms with Gasteiger partial charge >= 0.3 is 19.2 Å². The Morgan fingerprint density at radius 1 is 0.787 bits per heavy atom. The lowest BCUT2D eigenvalue weighted by atomic mass is 10.1. The van der Waals surface area contributed by atoms with Crippen molar-refractivity contribution >= 4 is 18.6 Å². The van der Waals surface area contributed by atoms with Crippen molar-refractivity contribution in [1.82, 2.24) is 19.1 Å². The molecule has 2 saturated heterocycles. The molecule has 0 saturated carbocycles. The van der Waals surface area contributed by atoms with Crippen molar-refractivity contribution < 1.29 is 48.0 Å². The van der Waals surface area contributed by atoms with E-state index in [1.54, 1.807) is 24.3 Å². The molecule has 1 unspecified atom stereocenters. The Bertz CT molecular complexity index is 2040. The highest BCUT2D eigenvalue weighted by atomic mass is 31.2. The summed E-state index contributed by atoms with van der Waals surface area (Å²) in [4.78, 5) is 62.9. The van der Waals surface area contributed by atoms with E-state index in [4.69, 9.17) is 23.3 Å². The third kappa shape index (κ3) is 6.64. The number of aromatic amines is 2. The largest absolute Gasteiger partial charge is 0.482 e. The summed E-state index contributed by atoms with van der Waals surface area (Å²) in [6.45, 7) is -1.59. The number of rotatable bonds is 10. The number of H-pyrrole nitrogens is 2. The van der Waals surface area contributed by atoms with Gasteiger partial charge in [0.1, 0.15) is 36.3 Å². The molecule has 2 aromatic carbocycles. The van der Waals surface area contributed by atoms with Crippen molar-refractivity contribution in [2.45, 2.75) is 49.1 Å². The van der Waals surface area contributed by atoms with Gasteiger partial charge in [-0.2, -0.15) is 0 Å². The standard InChI is InChI=1S/C28H29N4O14P/c33-12-17-23(46-47(40,41)42-13-18-21(36)22(37)25(45-18)31-10-8-19(34)29-27(31)38)24(26(44-17)32-11-9-20(35)30-28(32)39)43-16-7-3-5-14-4-1-2-6-15(14)16/h1-11,17-18,21-26,33,36-37H,12-13H2,(H,40,41)(H,29,34,38)(H,30,35,39)/t17-,18-,21-,22-,23-,24-,25-,26-/m1/s1. The zero-order chi connectivity index (χ0) is 33.5. The molecule has 2 aromatic heterocycles. The predicted octanol–water partition coefficient (Wildman–Crippen LogP) is -1.30. The Labute approximate surface area is 262 Å². The lowest BCUT2D eigenvalue weighted by molar-refractivity contribution is -0.0615. The van der Waals surface area contributed by atoms with Crippen LogP contribution in [0.25, 0.3) is 10.8 Å². The van der Waals surface area contributed by atoms with Gasteiger partial charge < -0.3 is 34.4 Å². The van der Waals surface area contributed by atoms with Gasteiger partial charge in [0.15, 0.2) is 18.6 Å². The van der Waals surface area contributed by atoms with Gasteiger partial charge in [-0.3, -0.25) is 37.7 Å². The molecule has 2 fully saturated rings. The highest BCUT2D eigenvalue weighted by molar-refractivity contribution is 7.47. The predicted molar refractivity (Wildman–Crippen MR) is 159 cm³/mol. The molecule has 0 amide bonds. The SMILES string of the molecule is O=c1ccn([C@@H]2O[C@H](COP(=O)(O)O[C@H]3[C@@H](Oc4cccc5ccccc45)[C@H](n4ccc(=O)[nH]c4=O)O[C@@H]3CO)[C@@H](O)[C@H]2O)c(=O)[nH]1. The highest BCUT2D eigenvalue weighted by Crippen LogP contribution is 2.50. The molecule has 2 aliphatic heterocycles. The first-order valence-electron chi connectivity index (χ1n) is 14.2. The fraction of sp³-hybridized carbons (Fsp3) is 0.357. The maximum Gasteiger partial charge on any atom is 0.472 e. The van der Waals surface area contributed by atoms with Crippen LogP contribution in [0.4, 0.5) is 0 Å². The molecule has 19 heteroatoms. The van der Waals surface area contributed by atoms with Gasteiger partial charge in [-0.05, 0) is 11.5 Å². The van der Waals surface area contributed by atoms with Crippen LogP contribution in [0.3, 0.4) is 0 Å². The van der Waals surface area contributed by atoms with Crippen LogP contribution in [-0.2, 0) is 23.1 Å². The van der Waals surface area contributed by atoms with Crippen molar-refractivity contribution in [3.05, 3.63) is 109 Å². The van der Waals surface area contributed by atoms with Crippen LogP contribution in [0.15, 0.2) is 86.2 Å². The minimum Gasteiger partial charge on any atom is -0.482 e. The lowest BCUT2D eigenvalue weighted by Gasteiger charge is -2.27. The van der Waals surface area contributed by atoms with Crippen LogP contribution in [0.1, 0.15) is 12.5 Å². The fourth-order valence-corrected chi connectivity index (χ4v) is 6.44. The molecule has 4 aromatic rings. The molecule has 6 N–H and O–H groups in total. The van der Waals surface area contributed by atoms with Crippen LogP contribution in [-0.4, -0.2) is 89.2 Å². The number of phosphoric ester groups is 1.